The van der Waals surface area contributed by atoms with Crippen LogP contribution in [0.4, 0.5) is 0 Å². The van der Waals surface area contributed by atoms with Gasteiger partial charge in [0.25, 0.3) is 0 Å². The van der Waals surface area contributed by atoms with Gasteiger partial charge in [-0.3, -0.25) is 4.79 Å². The normalized spacial score (nSPS) is 17.7. The number of hydrogen-bond donors (Lipinski definition) is 2. The summed E-state index contributed by atoms with van der Waals surface area (Å²) in [6.45, 7) is 4.44. The fourth-order valence-electron chi connectivity index (χ4n) is 1.35. The first-order valence-corrected chi connectivity index (χ1v) is 5.71. The molecular weight excluding hydrogens is 194 g/mol. The molecule has 0 aromatic carbocycles. The van der Waals surface area contributed by atoms with Crippen molar-refractivity contribution in [3.63, 3.8) is 0 Å². The first kappa shape index (κ1) is 12.5. The molecule has 0 radical (unpaired) electrons. The van der Waals surface area contributed by atoms with E-state index in [1.54, 1.807) is 0 Å². The number of hydrogen-bond acceptors (Lipinski definition) is 3. The number of nitrogens with one attached hydrogen (secondary N) is 1. The highest BCUT2D eigenvalue weighted by Crippen LogP contribution is 2.28. The molecule has 0 aromatic rings. The van der Waals surface area contributed by atoms with Gasteiger partial charge in [0.1, 0.15) is 0 Å². The van der Waals surface area contributed by atoms with Crippen molar-refractivity contribution in [2.75, 3.05) is 19.8 Å². The molecule has 1 rings (SSSR count). The molecule has 0 aromatic heterocycles. The third kappa shape index (κ3) is 7.33. The SMILES string of the molecule is CC(CCC(=O)O)NCCOCC1CC1. The highest BCUT2D eigenvalue weighted by Gasteiger charge is 2.20. The third-order valence-electron chi connectivity index (χ3n) is 2.58. The van der Waals surface area contributed by atoms with Crippen molar-refractivity contribution in [1.82, 2.24) is 5.32 Å². The number of aliphatic carboxylic acids is 1. The average molecular weight is 215 g/mol. The van der Waals surface area contributed by atoms with Gasteiger partial charge in [-0.25, -0.2) is 0 Å². The number of carbonyl (C=O) groups is 1. The van der Waals surface area contributed by atoms with Crippen LogP contribution in [0.5, 0.6) is 0 Å². The second-order valence-corrected chi connectivity index (χ2v) is 4.31. The van der Waals surface area contributed by atoms with Gasteiger partial charge in [0.15, 0.2) is 0 Å². The molecular formula is C11H21NO3. The predicted octanol–water partition coefficient (Wildman–Crippen LogP) is 1.26. The van der Waals surface area contributed by atoms with Crippen molar-refractivity contribution < 1.29 is 14.6 Å². The molecule has 88 valence electrons. The van der Waals surface area contributed by atoms with Crippen molar-refractivity contribution in [3.8, 4) is 0 Å². The summed E-state index contributed by atoms with van der Waals surface area (Å²) in [5.41, 5.74) is 0. The number of rotatable bonds is 9. The van der Waals surface area contributed by atoms with Crippen LogP contribution in [0, 0.1) is 5.92 Å². The summed E-state index contributed by atoms with van der Waals surface area (Å²) in [6.07, 6.45) is 3.56. The smallest absolute Gasteiger partial charge is 0.303 e. The van der Waals surface area contributed by atoms with E-state index in [1.165, 1.54) is 12.8 Å². The maximum atomic E-state index is 10.3. The topological polar surface area (TPSA) is 58.6 Å². The lowest BCUT2D eigenvalue weighted by atomic mass is 10.2. The van der Waals surface area contributed by atoms with Gasteiger partial charge in [0.2, 0.25) is 0 Å². The van der Waals surface area contributed by atoms with Crippen molar-refractivity contribution in [3.05, 3.63) is 0 Å². The fraction of sp³-hybridized carbons (Fsp3) is 0.909. The van der Waals surface area contributed by atoms with Crippen LogP contribution in [0.3, 0.4) is 0 Å². The molecule has 1 aliphatic rings. The molecule has 1 unspecified atom stereocenters. The van der Waals surface area contributed by atoms with Gasteiger partial charge in [0.05, 0.1) is 6.61 Å². The van der Waals surface area contributed by atoms with Crippen LogP contribution < -0.4 is 5.32 Å². The molecule has 0 saturated heterocycles. The Morgan fingerprint density at radius 2 is 2.33 bits per heavy atom. The van der Waals surface area contributed by atoms with Crippen LogP contribution in [0.25, 0.3) is 0 Å². The maximum absolute atomic E-state index is 10.3. The first-order valence-electron chi connectivity index (χ1n) is 5.71. The molecule has 0 spiro atoms. The van der Waals surface area contributed by atoms with E-state index in [4.69, 9.17) is 9.84 Å². The summed E-state index contributed by atoms with van der Waals surface area (Å²) in [5, 5.41) is 11.7. The minimum atomic E-state index is -0.728. The van der Waals surface area contributed by atoms with E-state index < -0.39 is 5.97 Å². The fourth-order valence-corrected chi connectivity index (χ4v) is 1.35. The Hall–Kier alpha value is -0.610. The zero-order chi connectivity index (χ0) is 11.1. The Labute approximate surface area is 91.0 Å². The van der Waals surface area contributed by atoms with E-state index in [9.17, 15) is 4.79 Å². The molecule has 0 aliphatic heterocycles. The molecule has 2 N–H and O–H groups in total. The largest absolute Gasteiger partial charge is 0.481 e. The zero-order valence-electron chi connectivity index (χ0n) is 9.37. The van der Waals surface area contributed by atoms with Crippen LogP contribution >= 0.6 is 0 Å². The van der Waals surface area contributed by atoms with E-state index >= 15 is 0 Å². The zero-order valence-corrected chi connectivity index (χ0v) is 9.37. The number of carboxylic acids is 1. The van der Waals surface area contributed by atoms with Crippen LogP contribution in [0.15, 0.2) is 0 Å². The van der Waals surface area contributed by atoms with Gasteiger partial charge in [-0.1, -0.05) is 0 Å². The standard InChI is InChI=1S/C11H21NO3/c1-9(2-5-11(13)14)12-6-7-15-8-10-3-4-10/h9-10,12H,2-8H2,1H3,(H,13,14). The predicted molar refractivity (Wildman–Crippen MR) is 57.9 cm³/mol. The molecule has 0 amide bonds. The molecule has 1 atom stereocenters. The van der Waals surface area contributed by atoms with Gasteiger partial charge in [0, 0.05) is 25.6 Å². The molecule has 0 heterocycles. The van der Waals surface area contributed by atoms with Gasteiger partial charge >= 0.3 is 5.97 Å². The van der Waals surface area contributed by atoms with Crippen LogP contribution in [-0.4, -0.2) is 36.9 Å². The Kier molecular flexibility index (Phi) is 5.65. The Morgan fingerprint density at radius 3 is 2.93 bits per heavy atom. The first-order chi connectivity index (χ1) is 7.18. The highest BCUT2D eigenvalue weighted by molar-refractivity contribution is 5.66. The number of ether oxygens (including phenoxy) is 1. The molecule has 1 fully saturated rings. The van der Waals surface area contributed by atoms with Crippen LogP contribution in [0.2, 0.25) is 0 Å². The van der Waals surface area contributed by atoms with Crippen molar-refractivity contribution >= 4 is 5.97 Å². The van der Waals surface area contributed by atoms with Crippen molar-refractivity contribution in [2.45, 2.75) is 38.6 Å². The van der Waals surface area contributed by atoms with E-state index in [-0.39, 0.29) is 12.5 Å². The van der Waals surface area contributed by atoms with E-state index in [1.807, 2.05) is 6.92 Å². The highest BCUT2D eigenvalue weighted by atomic mass is 16.5. The minimum Gasteiger partial charge on any atom is -0.481 e. The van der Waals surface area contributed by atoms with E-state index in [0.29, 0.717) is 6.42 Å². The molecule has 4 heteroatoms. The van der Waals surface area contributed by atoms with Crippen molar-refractivity contribution in [1.29, 1.82) is 0 Å². The molecule has 1 saturated carbocycles. The summed E-state index contributed by atoms with van der Waals surface area (Å²) in [6, 6.07) is 0.255. The van der Waals surface area contributed by atoms with E-state index in [2.05, 4.69) is 5.32 Å². The second kappa shape index (κ2) is 6.80. The third-order valence-corrected chi connectivity index (χ3v) is 2.58. The lowest BCUT2D eigenvalue weighted by molar-refractivity contribution is -0.137. The lowest BCUT2D eigenvalue weighted by Crippen LogP contribution is -2.30. The Bertz CT molecular complexity index is 192. The number of carboxylic acid groups (broad SMARTS) is 1. The monoisotopic (exact) mass is 215 g/mol. The Balaban J connectivity index is 1.82. The van der Waals surface area contributed by atoms with Crippen molar-refractivity contribution in [2.24, 2.45) is 5.92 Å². The van der Waals surface area contributed by atoms with Crippen LogP contribution in [0.1, 0.15) is 32.6 Å². The molecule has 1 aliphatic carbocycles. The van der Waals surface area contributed by atoms with Gasteiger partial charge in [-0.15, -0.1) is 0 Å². The molecule has 15 heavy (non-hydrogen) atoms. The summed E-state index contributed by atoms with van der Waals surface area (Å²) in [4.78, 5) is 10.3. The minimum absolute atomic E-state index is 0.233. The Morgan fingerprint density at radius 1 is 1.60 bits per heavy atom. The van der Waals surface area contributed by atoms with Gasteiger partial charge in [-0.05, 0) is 32.1 Å². The molecule has 4 nitrogen and oxygen atoms in total. The summed E-state index contributed by atoms with van der Waals surface area (Å²) in [7, 11) is 0. The summed E-state index contributed by atoms with van der Waals surface area (Å²) < 4.78 is 5.45. The maximum Gasteiger partial charge on any atom is 0.303 e. The second-order valence-electron chi connectivity index (χ2n) is 4.31. The quantitative estimate of drug-likeness (QED) is 0.568. The van der Waals surface area contributed by atoms with Gasteiger partial charge < -0.3 is 15.2 Å². The average Bonchev–Trinajstić information content (AvgIpc) is 2.98. The summed E-state index contributed by atoms with van der Waals surface area (Å²) >= 11 is 0. The van der Waals surface area contributed by atoms with Gasteiger partial charge in [-0.2, -0.15) is 0 Å². The van der Waals surface area contributed by atoms with Crippen LogP contribution in [-0.2, 0) is 9.53 Å². The summed E-state index contributed by atoms with van der Waals surface area (Å²) in [5.74, 6) is 0.0862. The van der Waals surface area contributed by atoms with E-state index in [0.717, 1.165) is 25.7 Å². The molecule has 0 bridgehead atoms. The lowest BCUT2D eigenvalue weighted by Gasteiger charge is -2.12.